The summed E-state index contributed by atoms with van der Waals surface area (Å²) in [7, 11) is 0. The van der Waals surface area contributed by atoms with Crippen molar-refractivity contribution in [3.8, 4) is 6.07 Å². The lowest BCUT2D eigenvalue weighted by Crippen LogP contribution is -2.20. The minimum absolute atomic E-state index is 0.131. The quantitative estimate of drug-likeness (QED) is 0.415. The van der Waals surface area contributed by atoms with E-state index in [1.807, 2.05) is 6.07 Å². The number of nitrogens with zero attached hydrogens (tertiary/aromatic N) is 2. The van der Waals surface area contributed by atoms with Gasteiger partial charge in [0.2, 0.25) is 5.91 Å². The summed E-state index contributed by atoms with van der Waals surface area (Å²) in [4.78, 5) is 20.7. The monoisotopic (exact) mass is 264 g/mol. The highest BCUT2D eigenvalue weighted by molar-refractivity contribution is 5.75. The van der Waals surface area contributed by atoms with Crippen molar-refractivity contribution in [2.45, 2.75) is 0 Å². The topological polar surface area (TPSA) is 131 Å². The van der Waals surface area contributed by atoms with Crippen molar-refractivity contribution in [2.24, 2.45) is 5.73 Å². The van der Waals surface area contributed by atoms with Crippen LogP contribution in [0.1, 0.15) is 5.56 Å². The number of ether oxygens (including phenoxy) is 1. The highest BCUT2D eigenvalue weighted by atomic mass is 16.6. The summed E-state index contributed by atoms with van der Waals surface area (Å²) in [5.74, 6) is -0.586. The number of nitrogens with one attached hydrogen (secondary N) is 1. The molecule has 0 radical (unpaired) electrons. The fourth-order valence-electron chi connectivity index (χ4n) is 1.34. The van der Waals surface area contributed by atoms with Crippen molar-refractivity contribution in [2.75, 3.05) is 25.1 Å². The number of carbonyl (C=O) groups excluding carboxylic acids is 1. The Morgan fingerprint density at radius 2 is 2.32 bits per heavy atom. The summed E-state index contributed by atoms with van der Waals surface area (Å²) in [5.41, 5.74) is 5.29. The van der Waals surface area contributed by atoms with Gasteiger partial charge in [-0.3, -0.25) is 14.9 Å². The number of anilines is 1. The smallest absolute Gasteiger partial charge is 0.292 e. The molecule has 0 unspecified atom stereocenters. The average Bonchev–Trinajstić information content (AvgIpc) is 2.37. The van der Waals surface area contributed by atoms with Crippen LogP contribution in [0, 0.1) is 21.4 Å². The van der Waals surface area contributed by atoms with Crippen LogP contribution in [0.3, 0.4) is 0 Å². The number of amides is 1. The molecule has 0 aliphatic rings. The number of nitrogens with two attached hydrogens (primary N) is 1. The Hall–Kier alpha value is -2.66. The molecule has 0 bridgehead atoms. The molecule has 1 aromatic carbocycles. The van der Waals surface area contributed by atoms with Crippen LogP contribution in [0.5, 0.6) is 0 Å². The molecule has 0 aliphatic carbocycles. The third kappa shape index (κ3) is 4.61. The maximum Gasteiger partial charge on any atom is 0.292 e. The summed E-state index contributed by atoms with van der Waals surface area (Å²) < 4.78 is 4.90. The maximum absolute atomic E-state index is 10.8. The third-order valence-corrected chi connectivity index (χ3v) is 2.13. The zero-order valence-electron chi connectivity index (χ0n) is 9.96. The Morgan fingerprint density at radius 3 is 2.89 bits per heavy atom. The van der Waals surface area contributed by atoms with E-state index in [4.69, 9.17) is 15.7 Å². The lowest BCUT2D eigenvalue weighted by molar-refractivity contribution is -0.384. The van der Waals surface area contributed by atoms with Crippen LogP contribution in [0.4, 0.5) is 11.4 Å². The Morgan fingerprint density at radius 1 is 1.58 bits per heavy atom. The predicted molar refractivity (Wildman–Crippen MR) is 66.3 cm³/mol. The van der Waals surface area contributed by atoms with Gasteiger partial charge in [-0.1, -0.05) is 0 Å². The molecule has 3 N–H and O–H groups in total. The molecule has 0 fully saturated rings. The molecular formula is C11H12N4O4. The average molecular weight is 264 g/mol. The molecule has 1 aromatic rings. The van der Waals surface area contributed by atoms with Gasteiger partial charge in [-0.25, -0.2) is 0 Å². The first-order valence-corrected chi connectivity index (χ1v) is 5.33. The minimum atomic E-state index is -0.586. The summed E-state index contributed by atoms with van der Waals surface area (Å²) in [6, 6.07) is 5.90. The maximum atomic E-state index is 10.8. The fourth-order valence-corrected chi connectivity index (χ4v) is 1.34. The fraction of sp³-hybridized carbons (Fsp3) is 0.273. The number of benzene rings is 1. The van der Waals surface area contributed by atoms with E-state index in [1.165, 1.54) is 18.2 Å². The second kappa shape index (κ2) is 6.93. The lowest BCUT2D eigenvalue weighted by Gasteiger charge is -2.07. The van der Waals surface area contributed by atoms with Gasteiger partial charge in [-0.15, -0.1) is 0 Å². The van der Waals surface area contributed by atoms with Gasteiger partial charge in [-0.2, -0.15) is 5.26 Å². The number of rotatable bonds is 7. The molecule has 0 saturated carbocycles. The molecular weight excluding hydrogens is 252 g/mol. The zero-order valence-corrected chi connectivity index (χ0v) is 9.96. The SMILES string of the molecule is N#Cc1ccc([N+](=O)[O-])c(NCCOCC(N)=O)c1. The van der Waals surface area contributed by atoms with Gasteiger partial charge in [0.15, 0.2) is 0 Å². The highest BCUT2D eigenvalue weighted by Gasteiger charge is 2.13. The van der Waals surface area contributed by atoms with Crippen molar-refractivity contribution in [1.82, 2.24) is 0 Å². The molecule has 8 nitrogen and oxygen atoms in total. The molecule has 0 aliphatic heterocycles. The Balaban J connectivity index is 2.63. The van der Waals surface area contributed by atoms with Gasteiger partial charge in [0.25, 0.3) is 5.69 Å². The molecule has 0 heterocycles. The minimum Gasteiger partial charge on any atom is -0.377 e. The highest BCUT2D eigenvalue weighted by Crippen LogP contribution is 2.24. The van der Waals surface area contributed by atoms with Gasteiger partial charge < -0.3 is 15.8 Å². The van der Waals surface area contributed by atoms with Crippen LogP contribution in [-0.2, 0) is 9.53 Å². The van der Waals surface area contributed by atoms with E-state index >= 15 is 0 Å². The Kier molecular flexibility index (Phi) is 5.25. The molecule has 0 aromatic heterocycles. The number of nitro benzene ring substituents is 1. The molecule has 1 amide bonds. The first kappa shape index (κ1) is 14.4. The molecule has 19 heavy (non-hydrogen) atoms. The van der Waals surface area contributed by atoms with E-state index in [9.17, 15) is 14.9 Å². The second-order valence-electron chi connectivity index (χ2n) is 3.55. The largest absolute Gasteiger partial charge is 0.377 e. The standard InChI is InChI=1S/C11H12N4O4/c12-6-8-1-2-10(15(17)18)9(5-8)14-3-4-19-7-11(13)16/h1-2,5,14H,3-4,7H2,(H2,13,16). The number of nitriles is 1. The van der Waals surface area contributed by atoms with Crippen molar-refractivity contribution in [1.29, 1.82) is 5.26 Å². The number of carbonyl (C=O) groups is 1. The van der Waals surface area contributed by atoms with Gasteiger partial charge in [0.1, 0.15) is 12.3 Å². The van der Waals surface area contributed by atoms with Gasteiger partial charge >= 0.3 is 0 Å². The molecule has 0 atom stereocenters. The molecule has 1 rings (SSSR count). The lowest BCUT2D eigenvalue weighted by atomic mass is 10.2. The van der Waals surface area contributed by atoms with Gasteiger partial charge in [-0.05, 0) is 12.1 Å². The first-order valence-electron chi connectivity index (χ1n) is 5.33. The summed E-state index contributed by atoms with van der Waals surface area (Å²) >= 11 is 0. The normalized spacial score (nSPS) is 9.63. The van der Waals surface area contributed by atoms with E-state index in [1.54, 1.807) is 0 Å². The second-order valence-corrected chi connectivity index (χ2v) is 3.55. The van der Waals surface area contributed by atoms with E-state index < -0.39 is 10.8 Å². The predicted octanol–water partition coefficient (Wildman–Crippen LogP) is 0.380. The molecule has 8 heteroatoms. The van der Waals surface area contributed by atoms with E-state index in [0.29, 0.717) is 5.56 Å². The van der Waals surface area contributed by atoms with E-state index in [-0.39, 0.29) is 31.1 Å². The molecule has 0 spiro atoms. The van der Waals surface area contributed by atoms with Crippen molar-refractivity contribution in [3.63, 3.8) is 0 Å². The van der Waals surface area contributed by atoms with Crippen molar-refractivity contribution < 1.29 is 14.5 Å². The summed E-state index contributed by atoms with van der Waals surface area (Å²) in [5, 5.41) is 22.3. The third-order valence-electron chi connectivity index (χ3n) is 2.13. The van der Waals surface area contributed by atoms with E-state index in [0.717, 1.165) is 0 Å². The number of nitro groups is 1. The Bertz CT molecular complexity index is 524. The van der Waals surface area contributed by atoms with Crippen LogP contribution >= 0.6 is 0 Å². The van der Waals surface area contributed by atoms with Crippen LogP contribution in [0.15, 0.2) is 18.2 Å². The van der Waals surface area contributed by atoms with Crippen molar-refractivity contribution in [3.05, 3.63) is 33.9 Å². The Labute approximate surface area is 108 Å². The summed E-state index contributed by atoms with van der Waals surface area (Å²) in [6.07, 6.45) is 0. The molecule has 100 valence electrons. The molecule has 0 saturated heterocycles. The van der Waals surface area contributed by atoms with Crippen LogP contribution < -0.4 is 11.1 Å². The van der Waals surface area contributed by atoms with Crippen LogP contribution in [0.2, 0.25) is 0 Å². The van der Waals surface area contributed by atoms with Crippen molar-refractivity contribution >= 4 is 17.3 Å². The van der Waals surface area contributed by atoms with Crippen LogP contribution in [-0.4, -0.2) is 30.6 Å². The van der Waals surface area contributed by atoms with Gasteiger partial charge in [0, 0.05) is 12.6 Å². The first-order chi connectivity index (χ1) is 9.04. The van der Waals surface area contributed by atoms with Crippen LogP contribution in [0.25, 0.3) is 0 Å². The van der Waals surface area contributed by atoms with Gasteiger partial charge in [0.05, 0.1) is 23.2 Å². The summed E-state index contributed by atoms with van der Waals surface area (Å²) in [6.45, 7) is 0.210. The van der Waals surface area contributed by atoms with E-state index in [2.05, 4.69) is 5.32 Å². The number of primary amides is 1. The number of hydrogen-bond donors (Lipinski definition) is 2. The zero-order chi connectivity index (χ0) is 14.3. The number of hydrogen-bond acceptors (Lipinski definition) is 6.